The molecule has 1 saturated heterocycles. The summed E-state index contributed by atoms with van der Waals surface area (Å²) < 4.78 is 0. The first kappa shape index (κ1) is 14.6. The number of amides is 1. The summed E-state index contributed by atoms with van der Waals surface area (Å²) in [6.07, 6.45) is 2.52. The molecule has 1 aromatic carbocycles. The fourth-order valence-electron chi connectivity index (χ4n) is 2.85. The van der Waals surface area contributed by atoms with Crippen LogP contribution in [0, 0.1) is 5.92 Å². The maximum Gasteiger partial charge on any atom is 0.223 e. The summed E-state index contributed by atoms with van der Waals surface area (Å²) >= 11 is 0. The zero-order chi connectivity index (χ0) is 14.5. The van der Waals surface area contributed by atoms with Crippen LogP contribution < -0.4 is 5.11 Å². The number of rotatable bonds is 5. The Morgan fingerprint density at radius 1 is 1.35 bits per heavy atom. The molecule has 2 atom stereocenters. The molecule has 2 rings (SSSR count). The number of carbonyl (C=O) groups excluding carboxylic acids is 2. The Labute approximate surface area is 119 Å². The monoisotopic (exact) mass is 274 g/mol. The molecular formula is C16H20NO3-. The van der Waals surface area contributed by atoms with Crippen LogP contribution in [0.15, 0.2) is 30.3 Å². The van der Waals surface area contributed by atoms with Crippen molar-refractivity contribution < 1.29 is 14.7 Å². The molecule has 0 unspecified atom stereocenters. The number of benzene rings is 1. The summed E-state index contributed by atoms with van der Waals surface area (Å²) in [5.41, 5.74) is 0.880. The Morgan fingerprint density at radius 3 is 2.65 bits per heavy atom. The normalized spacial score (nSPS) is 22.9. The lowest BCUT2D eigenvalue weighted by atomic mass is 9.84. The van der Waals surface area contributed by atoms with Crippen LogP contribution in [0.25, 0.3) is 0 Å². The van der Waals surface area contributed by atoms with Gasteiger partial charge in [-0.15, -0.1) is 0 Å². The Hall–Kier alpha value is -1.84. The molecular weight excluding hydrogens is 254 g/mol. The van der Waals surface area contributed by atoms with E-state index in [1.165, 1.54) is 0 Å². The number of carboxylic acid groups (broad SMARTS) is 1. The summed E-state index contributed by atoms with van der Waals surface area (Å²) in [6, 6.07) is 9.01. The number of hydrogen-bond acceptors (Lipinski definition) is 3. The van der Waals surface area contributed by atoms with Gasteiger partial charge in [-0.05, 0) is 18.4 Å². The highest BCUT2D eigenvalue weighted by Gasteiger charge is 2.36. The van der Waals surface area contributed by atoms with Crippen molar-refractivity contribution in [3.8, 4) is 0 Å². The lowest BCUT2D eigenvalue weighted by molar-refractivity contribution is -0.314. The van der Waals surface area contributed by atoms with Gasteiger partial charge in [-0.25, -0.2) is 0 Å². The van der Waals surface area contributed by atoms with Crippen molar-refractivity contribution in [1.29, 1.82) is 0 Å². The molecule has 0 radical (unpaired) electrons. The topological polar surface area (TPSA) is 60.4 Å². The van der Waals surface area contributed by atoms with Crippen molar-refractivity contribution >= 4 is 11.9 Å². The second kappa shape index (κ2) is 6.55. The standard InChI is InChI=1S/C16H21NO3/c1-2-3-11-17-14(18)10-9-13(16(19)20)15(17)12-7-5-4-6-8-12/h4-8,13,15H,2-3,9-11H2,1H3,(H,19,20)/p-1/t13-,15+/m1/s1. The van der Waals surface area contributed by atoms with Crippen LogP contribution in [0.2, 0.25) is 0 Å². The quantitative estimate of drug-likeness (QED) is 0.818. The Bertz CT molecular complexity index is 472. The van der Waals surface area contributed by atoms with Crippen LogP contribution >= 0.6 is 0 Å². The zero-order valence-corrected chi connectivity index (χ0v) is 11.7. The van der Waals surface area contributed by atoms with Gasteiger partial charge in [-0.1, -0.05) is 43.7 Å². The van der Waals surface area contributed by atoms with Crippen LogP contribution in [0.5, 0.6) is 0 Å². The molecule has 0 saturated carbocycles. The second-order valence-electron chi connectivity index (χ2n) is 5.26. The van der Waals surface area contributed by atoms with Crippen molar-refractivity contribution in [3.63, 3.8) is 0 Å². The number of piperidine rings is 1. The second-order valence-corrected chi connectivity index (χ2v) is 5.26. The first-order valence-electron chi connectivity index (χ1n) is 7.20. The van der Waals surface area contributed by atoms with E-state index in [0.717, 1.165) is 18.4 Å². The number of hydrogen-bond donors (Lipinski definition) is 0. The Balaban J connectivity index is 2.33. The molecule has 4 heteroatoms. The van der Waals surface area contributed by atoms with E-state index in [0.29, 0.717) is 19.4 Å². The summed E-state index contributed by atoms with van der Waals surface area (Å²) in [5, 5.41) is 11.4. The molecule has 20 heavy (non-hydrogen) atoms. The third kappa shape index (κ3) is 3.00. The average molecular weight is 274 g/mol. The third-order valence-electron chi connectivity index (χ3n) is 3.90. The van der Waals surface area contributed by atoms with E-state index in [-0.39, 0.29) is 5.91 Å². The molecule has 1 aliphatic rings. The number of unbranched alkanes of at least 4 members (excludes halogenated alkanes) is 1. The fraction of sp³-hybridized carbons (Fsp3) is 0.500. The van der Waals surface area contributed by atoms with E-state index < -0.39 is 17.9 Å². The van der Waals surface area contributed by atoms with Crippen LogP contribution in [0.3, 0.4) is 0 Å². The van der Waals surface area contributed by atoms with Gasteiger partial charge in [0, 0.05) is 24.9 Å². The van der Waals surface area contributed by atoms with Gasteiger partial charge in [-0.2, -0.15) is 0 Å². The highest BCUT2D eigenvalue weighted by Crippen LogP contribution is 2.36. The molecule has 0 spiro atoms. The van der Waals surface area contributed by atoms with Gasteiger partial charge in [0.05, 0.1) is 6.04 Å². The number of carbonyl (C=O) groups is 2. The van der Waals surface area contributed by atoms with E-state index in [4.69, 9.17) is 0 Å². The first-order chi connectivity index (χ1) is 9.65. The van der Waals surface area contributed by atoms with Gasteiger partial charge in [0.1, 0.15) is 0 Å². The van der Waals surface area contributed by atoms with E-state index in [9.17, 15) is 14.7 Å². The molecule has 1 heterocycles. The van der Waals surface area contributed by atoms with Gasteiger partial charge < -0.3 is 14.8 Å². The predicted molar refractivity (Wildman–Crippen MR) is 73.5 cm³/mol. The number of aliphatic carboxylic acids is 1. The summed E-state index contributed by atoms with van der Waals surface area (Å²) in [4.78, 5) is 25.3. The Kier molecular flexibility index (Phi) is 4.77. The van der Waals surface area contributed by atoms with Gasteiger partial charge in [0.15, 0.2) is 0 Å². The van der Waals surface area contributed by atoms with Gasteiger partial charge >= 0.3 is 0 Å². The van der Waals surface area contributed by atoms with Crippen molar-refractivity contribution in [2.45, 2.75) is 38.6 Å². The minimum atomic E-state index is -1.06. The molecule has 1 aliphatic heterocycles. The van der Waals surface area contributed by atoms with Gasteiger partial charge in [0.25, 0.3) is 0 Å². The van der Waals surface area contributed by atoms with Gasteiger partial charge in [0.2, 0.25) is 5.91 Å². The maximum atomic E-state index is 12.2. The maximum absolute atomic E-state index is 12.2. The minimum Gasteiger partial charge on any atom is -0.550 e. The largest absolute Gasteiger partial charge is 0.550 e. The lowest BCUT2D eigenvalue weighted by Crippen LogP contribution is -2.49. The lowest BCUT2D eigenvalue weighted by Gasteiger charge is -2.42. The molecule has 0 N–H and O–H groups in total. The van der Waals surface area contributed by atoms with Crippen molar-refractivity contribution in [2.24, 2.45) is 5.92 Å². The number of likely N-dealkylation sites (tertiary alicyclic amines) is 1. The molecule has 1 amide bonds. The first-order valence-corrected chi connectivity index (χ1v) is 7.20. The number of nitrogens with zero attached hydrogens (tertiary/aromatic N) is 1. The molecule has 0 aromatic heterocycles. The summed E-state index contributed by atoms with van der Waals surface area (Å²) in [7, 11) is 0. The van der Waals surface area contributed by atoms with E-state index in [1.54, 1.807) is 4.90 Å². The third-order valence-corrected chi connectivity index (χ3v) is 3.90. The van der Waals surface area contributed by atoms with E-state index in [2.05, 4.69) is 6.92 Å². The summed E-state index contributed by atoms with van der Waals surface area (Å²) in [6.45, 7) is 2.67. The van der Waals surface area contributed by atoms with Crippen LogP contribution in [0.4, 0.5) is 0 Å². The molecule has 108 valence electrons. The molecule has 1 fully saturated rings. The summed E-state index contributed by atoms with van der Waals surface area (Å²) in [5.74, 6) is -1.63. The molecule has 0 bridgehead atoms. The SMILES string of the molecule is CCCCN1C(=O)CC[C@@H](C(=O)[O-])[C@@H]1c1ccccc1. The van der Waals surface area contributed by atoms with Crippen LogP contribution in [0.1, 0.15) is 44.2 Å². The van der Waals surface area contributed by atoms with Crippen molar-refractivity contribution in [3.05, 3.63) is 35.9 Å². The predicted octanol–water partition coefficient (Wildman–Crippen LogP) is 1.52. The number of carboxylic acids is 1. The molecule has 1 aromatic rings. The highest BCUT2D eigenvalue weighted by molar-refractivity contribution is 5.81. The average Bonchev–Trinajstić information content (AvgIpc) is 2.46. The van der Waals surface area contributed by atoms with Crippen LogP contribution in [-0.2, 0) is 9.59 Å². The Morgan fingerprint density at radius 2 is 2.05 bits per heavy atom. The van der Waals surface area contributed by atoms with Crippen molar-refractivity contribution in [1.82, 2.24) is 4.90 Å². The molecule has 4 nitrogen and oxygen atoms in total. The van der Waals surface area contributed by atoms with E-state index >= 15 is 0 Å². The van der Waals surface area contributed by atoms with E-state index in [1.807, 2.05) is 30.3 Å². The molecule has 0 aliphatic carbocycles. The van der Waals surface area contributed by atoms with Gasteiger partial charge in [-0.3, -0.25) is 4.79 Å². The van der Waals surface area contributed by atoms with Crippen molar-refractivity contribution in [2.75, 3.05) is 6.54 Å². The smallest absolute Gasteiger partial charge is 0.223 e. The zero-order valence-electron chi connectivity index (χ0n) is 11.7. The minimum absolute atomic E-state index is 0.0461. The highest BCUT2D eigenvalue weighted by atomic mass is 16.4. The van der Waals surface area contributed by atoms with Crippen LogP contribution in [-0.4, -0.2) is 23.3 Å². The fourth-order valence-corrected chi connectivity index (χ4v) is 2.85.